The number of aromatic nitrogens is 3. The first kappa shape index (κ1) is 17.5. The Morgan fingerprint density at radius 1 is 1.26 bits per heavy atom. The van der Waals surface area contributed by atoms with Crippen LogP contribution in [0.4, 0.5) is 5.95 Å². The van der Waals surface area contributed by atoms with E-state index < -0.39 is 0 Å². The summed E-state index contributed by atoms with van der Waals surface area (Å²) < 4.78 is 2.09. The van der Waals surface area contributed by atoms with Gasteiger partial charge in [0.15, 0.2) is 5.65 Å². The van der Waals surface area contributed by atoms with Gasteiger partial charge in [0.25, 0.3) is 0 Å². The van der Waals surface area contributed by atoms with Gasteiger partial charge in [0, 0.05) is 12.5 Å². The summed E-state index contributed by atoms with van der Waals surface area (Å²) in [5.74, 6) is 2.77. The van der Waals surface area contributed by atoms with Crippen molar-refractivity contribution in [3.63, 3.8) is 0 Å². The highest BCUT2D eigenvalue weighted by Gasteiger charge is 2.54. The minimum Gasteiger partial charge on any atom is -0.296 e. The van der Waals surface area contributed by atoms with Crippen molar-refractivity contribution < 1.29 is 4.79 Å². The van der Waals surface area contributed by atoms with Crippen LogP contribution in [-0.2, 0) is 4.79 Å². The lowest BCUT2D eigenvalue weighted by Gasteiger charge is -2.60. The number of hydrogen-bond donors (Lipinski definition) is 1. The summed E-state index contributed by atoms with van der Waals surface area (Å²) in [6, 6.07) is 4.00. The van der Waals surface area contributed by atoms with E-state index in [1.54, 1.807) is 6.07 Å². The average Bonchev–Trinajstić information content (AvgIpc) is 2.90. The van der Waals surface area contributed by atoms with Gasteiger partial charge in [0.05, 0.1) is 0 Å². The van der Waals surface area contributed by atoms with Crippen molar-refractivity contribution in [1.82, 2.24) is 14.5 Å². The molecular weight excluding hydrogens is 360 g/mol. The van der Waals surface area contributed by atoms with Gasteiger partial charge in [-0.2, -0.15) is 0 Å². The van der Waals surface area contributed by atoms with Crippen LogP contribution in [-0.4, -0.2) is 20.4 Å². The van der Waals surface area contributed by atoms with Crippen LogP contribution in [0.3, 0.4) is 0 Å². The first-order valence-corrected chi connectivity index (χ1v) is 10.7. The fourth-order valence-electron chi connectivity index (χ4n) is 5.65. The number of halogens is 1. The summed E-state index contributed by atoms with van der Waals surface area (Å²) in [7, 11) is 0. The Balaban J connectivity index is 1.37. The minimum atomic E-state index is 0.0862. The quantitative estimate of drug-likeness (QED) is 0.733. The Kier molecular flexibility index (Phi) is 4.01. The number of amides is 1. The molecule has 144 valence electrons. The van der Waals surface area contributed by atoms with Crippen LogP contribution in [0.2, 0.25) is 5.15 Å². The lowest BCUT2D eigenvalue weighted by molar-refractivity contribution is -0.128. The summed E-state index contributed by atoms with van der Waals surface area (Å²) >= 11 is 6.11. The molecule has 27 heavy (non-hydrogen) atoms. The maximum atomic E-state index is 12.9. The lowest BCUT2D eigenvalue weighted by atomic mass is 9.45. The van der Waals surface area contributed by atoms with Crippen molar-refractivity contribution in [3.8, 4) is 0 Å². The van der Waals surface area contributed by atoms with E-state index in [4.69, 9.17) is 11.6 Å². The molecule has 1 amide bonds. The largest absolute Gasteiger partial charge is 0.296 e. The SMILES string of the molecule is CC1(C)[C@H]2CC[C@@H](CC(=O)Nc3nc4ccc(Cl)nc4n3C3CCC3)[C@@H]1C2. The Morgan fingerprint density at radius 2 is 2.07 bits per heavy atom. The third-order valence-electron chi connectivity index (χ3n) is 7.64. The third kappa shape index (κ3) is 2.77. The first-order valence-electron chi connectivity index (χ1n) is 10.3. The molecule has 0 aliphatic heterocycles. The highest BCUT2D eigenvalue weighted by Crippen LogP contribution is 2.62. The molecule has 3 atom stereocenters. The second-order valence-corrected chi connectivity index (χ2v) is 9.70. The van der Waals surface area contributed by atoms with Gasteiger partial charge in [-0.05, 0) is 73.8 Å². The lowest BCUT2D eigenvalue weighted by Crippen LogP contribution is -2.52. The molecule has 4 saturated carbocycles. The van der Waals surface area contributed by atoms with Crippen LogP contribution in [0.1, 0.15) is 64.8 Å². The van der Waals surface area contributed by atoms with Gasteiger partial charge >= 0.3 is 0 Å². The standard InChI is InChI=1S/C21H27ClN4O/c1-21(2)13-7-6-12(15(21)11-13)10-18(27)25-20-23-16-8-9-17(22)24-19(16)26(20)14-4-3-5-14/h8-9,12-15H,3-7,10-11H2,1-2H3,(H,23,25,27)/t12-,13-,15-/m0/s1. The van der Waals surface area contributed by atoms with Crippen LogP contribution >= 0.6 is 11.6 Å². The molecule has 0 radical (unpaired) electrons. The zero-order chi connectivity index (χ0) is 18.8. The number of rotatable bonds is 4. The van der Waals surface area contributed by atoms with Crippen molar-refractivity contribution in [2.24, 2.45) is 23.2 Å². The van der Waals surface area contributed by atoms with E-state index >= 15 is 0 Å². The van der Waals surface area contributed by atoms with Gasteiger partial charge < -0.3 is 0 Å². The molecule has 2 bridgehead atoms. The van der Waals surface area contributed by atoms with Crippen molar-refractivity contribution in [2.45, 2.75) is 64.8 Å². The van der Waals surface area contributed by atoms with Gasteiger partial charge in [-0.15, -0.1) is 0 Å². The summed E-state index contributed by atoms with van der Waals surface area (Å²) in [6.07, 6.45) is 7.76. The van der Waals surface area contributed by atoms with Crippen molar-refractivity contribution in [2.75, 3.05) is 5.32 Å². The van der Waals surface area contributed by atoms with Crippen molar-refractivity contribution >= 4 is 34.6 Å². The van der Waals surface area contributed by atoms with Crippen molar-refractivity contribution in [1.29, 1.82) is 0 Å². The number of carbonyl (C=O) groups excluding carboxylic acids is 1. The number of hydrogen-bond acceptors (Lipinski definition) is 3. The smallest absolute Gasteiger partial charge is 0.226 e. The van der Waals surface area contributed by atoms with Gasteiger partial charge in [-0.3, -0.25) is 14.7 Å². The van der Waals surface area contributed by atoms with Crippen LogP contribution < -0.4 is 5.32 Å². The summed E-state index contributed by atoms with van der Waals surface area (Å²) in [6.45, 7) is 4.75. The molecule has 0 unspecified atom stereocenters. The van der Waals surface area contributed by atoms with Crippen LogP contribution in [0.25, 0.3) is 11.2 Å². The van der Waals surface area contributed by atoms with E-state index in [0.29, 0.717) is 40.8 Å². The average molecular weight is 387 g/mol. The van der Waals surface area contributed by atoms with E-state index in [2.05, 4.69) is 33.7 Å². The molecule has 2 aromatic heterocycles. The topological polar surface area (TPSA) is 59.8 Å². The molecule has 2 heterocycles. The van der Waals surface area contributed by atoms with E-state index in [9.17, 15) is 4.79 Å². The third-order valence-corrected chi connectivity index (χ3v) is 7.85. The molecule has 0 saturated heterocycles. The van der Waals surface area contributed by atoms with Gasteiger partial charge in [0.2, 0.25) is 11.9 Å². The minimum absolute atomic E-state index is 0.0862. The number of carbonyl (C=O) groups is 1. The molecule has 6 rings (SSSR count). The second kappa shape index (κ2) is 6.20. The number of fused-ring (bicyclic) bond motifs is 3. The summed E-state index contributed by atoms with van der Waals surface area (Å²) in [5.41, 5.74) is 1.98. The molecule has 1 N–H and O–H groups in total. The number of imidazole rings is 1. The Hall–Kier alpha value is -1.62. The monoisotopic (exact) mass is 386 g/mol. The Morgan fingerprint density at radius 3 is 2.74 bits per heavy atom. The predicted octanol–water partition coefficient (Wildman–Crippen LogP) is 5.21. The van der Waals surface area contributed by atoms with E-state index in [1.807, 2.05) is 6.07 Å². The Labute approximate surface area is 164 Å². The number of nitrogens with one attached hydrogen (secondary N) is 1. The zero-order valence-corrected chi connectivity index (χ0v) is 16.8. The molecule has 4 aliphatic carbocycles. The maximum absolute atomic E-state index is 12.9. The highest BCUT2D eigenvalue weighted by molar-refractivity contribution is 6.29. The van der Waals surface area contributed by atoms with Gasteiger partial charge in [0.1, 0.15) is 10.7 Å². The fraction of sp³-hybridized carbons (Fsp3) is 0.667. The second-order valence-electron chi connectivity index (χ2n) is 9.32. The molecule has 5 nitrogen and oxygen atoms in total. The molecule has 6 heteroatoms. The molecule has 2 aromatic rings. The van der Waals surface area contributed by atoms with Gasteiger partial charge in [-0.1, -0.05) is 25.4 Å². The zero-order valence-electron chi connectivity index (χ0n) is 16.0. The molecule has 4 aliphatic rings. The summed E-state index contributed by atoms with van der Waals surface area (Å²) in [4.78, 5) is 22.0. The molecule has 0 spiro atoms. The summed E-state index contributed by atoms with van der Waals surface area (Å²) in [5, 5.41) is 3.57. The molecule has 0 aromatic carbocycles. The van der Waals surface area contributed by atoms with Crippen LogP contribution in [0.5, 0.6) is 0 Å². The highest BCUT2D eigenvalue weighted by atomic mass is 35.5. The molecular formula is C21H27ClN4O. The molecule has 4 fully saturated rings. The van der Waals surface area contributed by atoms with E-state index in [1.165, 1.54) is 25.7 Å². The normalized spacial score (nSPS) is 29.2. The fourth-order valence-corrected chi connectivity index (χ4v) is 5.79. The van der Waals surface area contributed by atoms with Crippen molar-refractivity contribution in [3.05, 3.63) is 17.3 Å². The number of pyridine rings is 1. The van der Waals surface area contributed by atoms with E-state index in [0.717, 1.165) is 29.9 Å². The number of anilines is 1. The van der Waals surface area contributed by atoms with Crippen LogP contribution in [0, 0.1) is 23.2 Å². The van der Waals surface area contributed by atoms with Gasteiger partial charge in [-0.25, -0.2) is 9.97 Å². The Bertz CT molecular complexity index is 899. The first-order chi connectivity index (χ1) is 12.9. The van der Waals surface area contributed by atoms with Crippen LogP contribution in [0.15, 0.2) is 12.1 Å². The maximum Gasteiger partial charge on any atom is 0.226 e. The number of nitrogens with zero attached hydrogens (tertiary/aromatic N) is 3. The predicted molar refractivity (Wildman–Crippen MR) is 107 cm³/mol. The van der Waals surface area contributed by atoms with E-state index in [-0.39, 0.29) is 5.91 Å².